The number of rotatable bonds is 5. The molecule has 4 rings (SSSR count). The van der Waals surface area contributed by atoms with Gasteiger partial charge in [-0.1, -0.05) is 24.3 Å². The molecule has 1 saturated heterocycles. The molecule has 1 aromatic carbocycles. The average Bonchev–Trinajstić information content (AvgIpc) is 3.37. The Morgan fingerprint density at radius 3 is 2.69 bits per heavy atom. The van der Waals surface area contributed by atoms with Crippen LogP contribution < -0.4 is 10.9 Å². The van der Waals surface area contributed by atoms with Gasteiger partial charge in [-0.15, -0.1) is 11.3 Å². The number of nitrogens with zero attached hydrogens (tertiary/aromatic N) is 2. The quantitative estimate of drug-likeness (QED) is 0.725. The Labute approximate surface area is 154 Å². The highest BCUT2D eigenvalue weighted by Crippen LogP contribution is 2.28. The summed E-state index contributed by atoms with van der Waals surface area (Å²) in [4.78, 5) is 28.3. The maximum absolute atomic E-state index is 12.7. The van der Waals surface area contributed by atoms with Crippen molar-refractivity contribution in [3.8, 4) is 0 Å². The van der Waals surface area contributed by atoms with Gasteiger partial charge in [0, 0.05) is 16.8 Å². The van der Waals surface area contributed by atoms with Crippen molar-refractivity contribution < 1.29 is 4.79 Å². The summed E-state index contributed by atoms with van der Waals surface area (Å²) < 4.78 is 0. The number of thiophene rings is 1. The van der Waals surface area contributed by atoms with Crippen LogP contribution in [0.1, 0.15) is 34.2 Å². The van der Waals surface area contributed by atoms with Crippen LogP contribution in [0, 0.1) is 0 Å². The minimum atomic E-state index is -0.286. The molecule has 0 saturated carbocycles. The lowest BCUT2D eigenvalue weighted by molar-refractivity contribution is 0.0934. The van der Waals surface area contributed by atoms with Crippen LogP contribution in [0.3, 0.4) is 0 Å². The first-order valence-electron chi connectivity index (χ1n) is 8.77. The Bertz CT molecular complexity index is 961. The molecule has 2 N–H and O–H groups in total. The van der Waals surface area contributed by atoms with Crippen LogP contribution in [-0.2, 0) is 0 Å². The second kappa shape index (κ2) is 7.39. The van der Waals surface area contributed by atoms with Gasteiger partial charge >= 0.3 is 0 Å². The van der Waals surface area contributed by atoms with E-state index in [2.05, 4.69) is 31.9 Å². The summed E-state index contributed by atoms with van der Waals surface area (Å²) in [6, 6.07) is 11.4. The summed E-state index contributed by atoms with van der Waals surface area (Å²) in [5.41, 5.74) is -0.0303. The van der Waals surface area contributed by atoms with Gasteiger partial charge in [0.25, 0.3) is 11.5 Å². The van der Waals surface area contributed by atoms with Gasteiger partial charge in [0.2, 0.25) is 0 Å². The van der Waals surface area contributed by atoms with Crippen molar-refractivity contribution in [3.05, 3.63) is 62.7 Å². The van der Waals surface area contributed by atoms with Crippen LogP contribution in [0.15, 0.2) is 46.6 Å². The Morgan fingerprint density at radius 1 is 1.19 bits per heavy atom. The van der Waals surface area contributed by atoms with Gasteiger partial charge < -0.3 is 5.32 Å². The molecule has 7 heteroatoms. The molecule has 1 fully saturated rings. The summed E-state index contributed by atoms with van der Waals surface area (Å²) in [6.45, 7) is 2.63. The van der Waals surface area contributed by atoms with Crippen molar-refractivity contribution in [2.45, 2.75) is 18.9 Å². The average molecular weight is 368 g/mol. The van der Waals surface area contributed by atoms with E-state index in [-0.39, 0.29) is 23.2 Å². The van der Waals surface area contributed by atoms with Gasteiger partial charge in [0.15, 0.2) is 5.69 Å². The lowest BCUT2D eigenvalue weighted by Crippen LogP contribution is -2.37. The monoisotopic (exact) mass is 368 g/mol. The normalized spacial score (nSPS) is 16.0. The predicted molar refractivity (Wildman–Crippen MR) is 103 cm³/mol. The fraction of sp³-hybridized carbons (Fsp3) is 0.316. The largest absolute Gasteiger partial charge is 0.349 e. The highest BCUT2D eigenvalue weighted by atomic mass is 32.1. The van der Waals surface area contributed by atoms with Gasteiger partial charge in [-0.05, 0) is 43.4 Å². The standard InChI is InChI=1S/C19H20N4O2S/c24-18-14-7-2-1-6-13(14)17(21-22-18)19(25)20-12-15(16-8-5-11-26-16)23-9-3-4-10-23/h1-2,5-8,11,15H,3-4,9-10,12H2,(H,20,25)(H,22,24)/t15-/m0/s1. The lowest BCUT2D eigenvalue weighted by Gasteiger charge is -2.26. The molecule has 26 heavy (non-hydrogen) atoms. The van der Waals surface area contributed by atoms with Crippen molar-refractivity contribution in [2.75, 3.05) is 19.6 Å². The molecule has 134 valence electrons. The second-order valence-electron chi connectivity index (χ2n) is 6.43. The van der Waals surface area contributed by atoms with Gasteiger partial charge in [-0.2, -0.15) is 5.10 Å². The number of nitrogens with one attached hydrogen (secondary N) is 2. The van der Waals surface area contributed by atoms with Crippen molar-refractivity contribution in [1.29, 1.82) is 0 Å². The first-order valence-corrected chi connectivity index (χ1v) is 9.65. The maximum atomic E-state index is 12.7. The van der Waals surface area contributed by atoms with E-state index >= 15 is 0 Å². The van der Waals surface area contributed by atoms with Crippen LogP contribution in [0.25, 0.3) is 10.8 Å². The van der Waals surface area contributed by atoms with Crippen LogP contribution in [-0.4, -0.2) is 40.6 Å². The molecule has 1 atom stereocenters. The van der Waals surface area contributed by atoms with Crippen molar-refractivity contribution in [1.82, 2.24) is 20.4 Å². The summed E-state index contributed by atoms with van der Waals surface area (Å²) >= 11 is 1.71. The zero-order valence-corrected chi connectivity index (χ0v) is 15.1. The molecule has 2 aromatic heterocycles. The summed E-state index contributed by atoms with van der Waals surface area (Å²) in [6.07, 6.45) is 2.39. The third-order valence-corrected chi connectivity index (χ3v) is 5.79. The summed E-state index contributed by atoms with van der Waals surface area (Å²) in [7, 11) is 0. The fourth-order valence-electron chi connectivity index (χ4n) is 3.50. The Kier molecular flexibility index (Phi) is 4.81. The molecule has 0 aliphatic carbocycles. The van der Waals surface area contributed by atoms with E-state index in [0.717, 1.165) is 13.1 Å². The van der Waals surface area contributed by atoms with E-state index in [1.165, 1.54) is 17.7 Å². The molecule has 3 heterocycles. The van der Waals surface area contributed by atoms with E-state index in [1.54, 1.807) is 35.6 Å². The Morgan fingerprint density at radius 2 is 1.96 bits per heavy atom. The molecule has 0 bridgehead atoms. The van der Waals surface area contributed by atoms with Gasteiger partial charge in [-0.3, -0.25) is 14.5 Å². The number of hydrogen-bond acceptors (Lipinski definition) is 5. The molecule has 1 aliphatic heterocycles. The number of benzene rings is 1. The number of aromatic amines is 1. The van der Waals surface area contributed by atoms with Crippen LogP contribution in [0.4, 0.5) is 0 Å². The minimum Gasteiger partial charge on any atom is -0.349 e. The van der Waals surface area contributed by atoms with E-state index in [1.807, 2.05) is 6.07 Å². The third kappa shape index (κ3) is 3.27. The highest BCUT2D eigenvalue weighted by Gasteiger charge is 2.25. The maximum Gasteiger partial charge on any atom is 0.272 e. The second-order valence-corrected chi connectivity index (χ2v) is 7.41. The Balaban J connectivity index is 1.56. The number of H-pyrrole nitrogens is 1. The molecular formula is C19H20N4O2S. The lowest BCUT2D eigenvalue weighted by atomic mass is 10.1. The molecule has 0 unspecified atom stereocenters. The highest BCUT2D eigenvalue weighted by molar-refractivity contribution is 7.10. The first-order chi connectivity index (χ1) is 12.7. The number of carbonyl (C=O) groups excluding carboxylic acids is 1. The van der Waals surface area contributed by atoms with E-state index < -0.39 is 0 Å². The molecule has 3 aromatic rings. The van der Waals surface area contributed by atoms with Crippen molar-refractivity contribution in [3.63, 3.8) is 0 Å². The zero-order chi connectivity index (χ0) is 17.9. The predicted octanol–water partition coefficient (Wildman–Crippen LogP) is 2.55. The SMILES string of the molecule is O=C(NC[C@@H](c1cccs1)N1CCCC1)c1n[nH]c(=O)c2ccccc12. The van der Waals surface area contributed by atoms with Crippen molar-refractivity contribution >= 4 is 28.0 Å². The Hall–Kier alpha value is -2.51. The fourth-order valence-corrected chi connectivity index (χ4v) is 4.37. The number of carbonyl (C=O) groups is 1. The molecule has 6 nitrogen and oxygen atoms in total. The number of fused-ring (bicyclic) bond motifs is 1. The van der Waals surface area contributed by atoms with Crippen molar-refractivity contribution in [2.24, 2.45) is 0 Å². The molecule has 0 spiro atoms. The minimum absolute atomic E-state index is 0.176. The topological polar surface area (TPSA) is 78.1 Å². The molecule has 1 aliphatic rings. The molecule has 0 radical (unpaired) electrons. The van der Waals surface area contributed by atoms with Gasteiger partial charge in [0.1, 0.15) is 0 Å². The number of hydrogen-bond donors (Lipinski definition) is 2. The van der Waals surface area contributed by atoms with Crippen LogP contribution in [0.5, 0.6) is 0 Å². The van der Waals surface area contributed by atoms with Gasteiger partial charge in [-0.25, -0.2) is 5.10 Å². The third-order valence-electron chi connectivity index (χ3n) is 4.82. The van der Waals surface area contributed by atoms with Crippen LogP contribution >= 0.6 is 11.3 Å². The number of amides is 1. The summed E-state index contributed by atoms with van der Waals surface area (Å²) in [5, 5.41) is 12.5. The summed E-state index contributed by atoms with van der Waals surface area (Å²) in [5.74, 6) is -0.266. The van der Waals surface area contributed by atoms with E-state index in [0.29, 0.717) is 17.3 Å². The van der Waals surface area contributed by atoms with Gasteiger partial charge in [0.05, 0.1) is 11.4 Å². The van der Waals surface area contributed by atoms with E-state index in [4.69, 9.17) is 0 Å². The van der Waals surface area contributed by atoms with Crippen LogP contribution in [0.2, 0.25) is 0 Å². The number of likely N-dealkylation sites (tertiary alicyclic amines) is 1. The smallest absolute Gasteiger partial charge is 0.272 e. The zero-order valence-electron chi connectivity index (χ0n) is 14.3. The molecule has 1 amide bonds. The van der Waals surface area contributed by atoms with E-state index in [9.17, 15) is 9.59 Å². The molecular weight excluding hydrogens is 348 g/mol. The number of aromatic nitrogens is 2. The first kappa shape index (κ1) is 16.9.